The Kier molecular flexibility index (Phi) is 4.39. The van der Waals surface area contributed by atoms with E-state index >= 15 is 0 Å². The Morgan fingerprint density at radius 3 is 3.06 bits per heavy atom. The molecule has 1 heterocycles. The number of ether oxygens (including phenoxy) is 1. The van der Waals surface area contributed by atoms with Gasteiger partial charge in [-0.15, -0.1) is 0 Å². The van der Waals surface area contributed by atoms with E-state index in [0.29, 0.717) is 12.6 Å². The van der Waals surface area contributed by atoms with Crippen molar-refractivity contribution >= 4 is 27.6 Å². The van der Waals surface area contributed by atoms with Crippen LogP contribution in [0.15, 0.2) is 28.7 Å². The number of carbonyl (C=O) groups is 1. The number of nitrogens with one attached hydrogen (secondary N) is 2. The summed E-state index contributed by atoms with van der Waals surface area (Å²) in [4.78, 5) is 11.5. The summed E-state index contributed by atoms with van der Waals surface area (Å²) >= 11 is 3.35. The van der Waals surface area contributed by atoms with Gasteiger partial charge in [-0.05, 0) is 31.0 Å². The van der Waals surface area contributed by atoms with Crippen molar-refractivity contribution in [2.45, 2.75) is 18.9 Å². The fourth-order valence-electron chi connectivity index (χ4n) is 1.51. The SMILES string of the molecule is O=C(NCCC[C@@H]1CO1)Nc1cccc(Br)c1. The van der Waals surface area contributed by atoms with E-state index in [1.807, 2.05) is 24.3 Å². The van der Waals surface area contributed by atoms with Gasteiger partial charge in [0, 0.05) is 16.7 Å². The van der Waals surface area contributed by atoms with Gasteiger partial charge in [0.15, 0.2) is 0 Å². The fraction of sp³-hybridized carbons (Fsp3) is 0.417. The number of amides is 2. The number of anilines is 1. The minimum absolute atomic E-state index is 0.167. The second-order valence-corrected chi connectivity index (χ2v) is 4.90. The normalized spacial score (nSPS) is 17.6. The van der Waals surface area contributed by atoms with Crippen LogP contribution in [-0.4, -0.2) is 25.3 Å². The molecule has 1 aliphatic rings. The van der Waals surface area contributed by atoms with Crippen LogP contribution >= 0.6 is 15.9 Å². The maximum atomic E-state index is 11.5. The van der Waals surface area contributed by atoms with Crippen LogP contribution in [0.25, 0.3) is 0 Å². The average Bonchev–Trinajstić information content (AvgIpc) is 3.08. The number of hydrogen-bond donors (Lipinski definition) is 2. The lowest BCUT2D eigenvalue weighted by Crippen LogP contribution is -2.29. The van der Waals surface area contributed by atoms with Gasteiger partial charge in [-0.3, -0.25) is 0 Å². The van der Waals surface area contributed by atoms with Gasteiger partial charge in [0.2, 0.25) is 0 Å². The summed E-state index contributed by atoms with van der Waals surface area (Å²) in [6.45, 7) is 1.56. The molecule has 0 aromatic heterocycles. The molecule has 1 saturated heterocycles. The zero-order valence-electron chi connectivity index (χ0n) is 9.41. The van der Waals surface area contributed by atoms with Crippen LogP contribution < -0.4 is 10.6 Å². The lowest BCUT2D eigenvalue weighted by Gasteiger charge is -2.07. The van der Waals surface area contributed by atoms with Gasteiger partial charge >= 0.3 is 6.03 Å². The Hall–Kier alpha value is -1.07. The van der Waals surface area contributed by atoms with Gasteiger partial charge in [0.05, 0.1) is 12.7 Å². The van der Waals surface area contributed by atoms with E-state index in [4.69, 9.17) is 4.74 Å². The standard InChI is InChI=1S/C12H15BrN2O2/c13-9-3-1-4-10(7-9)15-12(16)14-6-2-5-11-8-17-11/h1,3-4,7,11H,2,5-6,8H2,(H2,14,15,16)/t11-/m1/s1. The van der Waals surface area contributed by atoms with E-state index in [1.165, 1.54) is 0 Å². The van der Waals surface area contributed by atoms with E-state index in [0.717, 1.165) is 29.6 Å². The lowest BCUT2D eigenvalue weighted by atomic mass is 10.2. The summed E-state index contributed by atoms with van der Waals surface area (Å²) in [5.74, 6) is 0. The molecular weight excluding hydrogens is 284 g/mol. The van der Waals surface area contributed by atoms with Gasteiger partial charge in [0.1, 0.15) is 0 Å². The quantitative estimate of drug-likeness (QED) is 0.649. The molecule has 92 valence electrons. The molecule has 0 spiro atoms. The summed E-state index contributed by atoms with van der Waals surface area (Å²) in [5, 5.41) is 5.59. The molecule has 1 atom stereocenters. The third kappa shape index (κ3) is 4.75. The molecule has 17 heavy (non-hydrogen) atoms. The highest BCUT2D eigenvalue weighted by molar-refractivity contribution is 9.10. The molecule has 1 fully saturated rings. The molecule has 4 nitrogen and oxygen atoms in total. The molecule has 1 aromatic carbocycles. The molecule has 0 unspecified atom stereocenters. The van der Waals surface area contributed by atoms with Crippen molar-refractivity contribution < 1.29 is 9.53 Å². The van der Waals surface area contributed by atoms with Crippen LogP contribution in [0.2, 0.25) is 0 Å². The average molecular weight is 299 g/mol. The second-order valence-electron chi connectivity index (χ2n) is 3.99. The second kappa shape index (κ2) is 6.02. The minimum atomic E-state index is -0.167. The first-order chi connectivity index (χ1) is 8.24. The number of urea groups is 1. The van der Waals surface area contributed by atoms with Crippen molar-refractivity contribution in [3.63, 3.8) is 0 Å². The van der Waals surface area contributed by atoms with Crippen LogP contribution in [-0.2, 0) is 4.74 Å². The Morgan fingerprint density at radius 2 is 2.35 bits per heavy atom. The molecule has 1 aromatic rings. The first kappa shape index (κ1) is 12.4. The molecule has 1 aliphatic heterocycles. The van der Waals surface area contributed by atoms with Gasteiger partial charge in [-0.1, -0.05) is 22.0 Å². The zero-order valence-corrected chi connectivity index (χ0v) is 11.0. The monoisotopic (exact) mass is 298 g/mol. The molecular formula is C12H15BrN2O2. The Balaban J connectivity index is 1.65. The molecule has 0 saturated carbocycles. The maximum absolute atomic E-state index is 11.5. The number of rotatable bonds is 5. The van der Waals surface area contributed by atoms with Crippen molar-refractivity contribution in [3.05, 3.63) is 28.7 Å². The number of carbonyl (C=O) groups excluding carboxylic acids is 1. The van der Waals surface area contributed by atoms with E-state index in [2.05, 4.69) is 26.6 Å². The van der Waals surface area contributed by atoms with Crippen LogP contribution in [0, 0.1) is 0 Å². The van der Waals surface area contributed by atoms with Gasteiger partial charge < -0.3 is 15.4 Å². The molecule has 2 amide bonds. The van der Waals surface area contributed by atoms with Gasteiger partial charge in [-0.25, -0.2) is 4.79 Å². The summed E-state index contributed by atoms with van der Waals surface area (Å²) in [6, 6.07) is 7.34. The predicted octanol–water partition coefficient (Wildman–Crippen LogP) is 2.75. The Labute approximate surface area is 109 Å². The third-order valence-corrected chi connectivity index (χ3v) is 2.97. The first-order valence-corrected chi connectivity index (χ1v) is 6.45. The van der Waals surface area contributed by atoms with Crippen LogP contribution in [0.3, 0.4) is 0 Å². The molecule has 2 N–H and O–H groups in total. The number of benzene rings is 1. The molecule has 0 radical (unpaired) electrons. The van der Waals surface area contributed by atoms with Crippen LogP contribution in [0.1, 0.15) is 12.8 Å². The van der Waals surface area contributed by atoms with Crippen molar-refractivity contribution in [2.24, 2.45) is 0 Å². The third-order valence-electron chi connectivity index (χ3n) is 2.47. The van der Waals surface area contributed by atoms with Gasteiger partial charge in [-0.2, -0.15) is 0 Å². The van der Waals surface area contributed by atoms with E-state index in [1.54, 1.807) is 0 Å². The molecule has 0 aliphatic carbocycles. The summed E-state index contributed by atoms with van der Waals surface area (Å²) in [7, 11) is 0. The highest BCUT2D eigenvalue weighted by atomic mass is 79.9. The van der Waals surface area contributed by atoms with Gasteiger partial charge in [0.25, 0.3) is 0 Å². The summed E-state index contributed by atoms with van der Waals surface area (Å²) in [5.41, 5.74) is 0.780. The highest BCUT2D eigenvalue weighted by Gasteiger charge is 2.21. The van der Waals surface area contributed by atoms with Crippen molar-refractivity contribution in [3.8, 4) is 0 Å². The van der Waals surface area contributed by atoms with Crippen LogP contribution in [0.4, 0.5) is 10.5 Å². The maximum Gasteiger partial charge on any atom is 0.319 e. The Bertz CT molecular complexity index is 394. The van der Waals surface area contributed by atoms with E-state index < -0.39 is 0 Å². The largest absolute Gasteiger partial charge is 0.373 e. The van der Waals surface area contributed by atoms with E-state index in [9.17, 15) is 4.79 Å². The highest BCUT2D eigenvalue weighted by Crippen LogP contribution is 2.16. The lowest BCUT2D eigenvalue weighted by molar-refractivity contribution is 0.251. The van der Waals surface area contributed by atoms with E-state index in [-0.39, 0.29) is 6.03 Å². The molecule has 5 heteroatoms. The number of hydrogen-bond acceptors (Lipinski definition) is 2. The van der Waals surface area contributed by atoms with Crippen molar-refractivity contribution in [1.82, 2.24) is 5.32 Å². The molecule has 0 bridgehead atoms. The van der Waals surface area contributed by atoms with Crippen LogP contribution in [0.5, 0.6) is 0 Å². The summed E-state index contributed by atoms with van der Waals surface area (Å²) < 4.78 is 6.04. The molecule has 2 rings (SSSR count). The topological polar surface area (TPSA) is 53.7 Å². The van der Waals surface area contributed by atoms with Crippen molar-refractivity contribution in [1.29, 1.82) is 0 Å². The summed E-state index contributed by atoms with van der Waals surface area (Å²) in [6.07, 6.45) is 2.42. The first-order valence-electron chi connectivity index (χ1n) is 5.66. The smallest absolute Gasteiger partial charge is 0.319 e. The predicted molar refractivity (Wildman–Crippen MR) is 70.1 cm³/mol. The fourth-order valence-corrected chi connectivity index (χ4v) is 1.91. The minimum Gasteiger partial charge on any atom is -0.373 e. The van der Waals surface area contributed by atoms with Crippen molar-refractivity contribution in [2.75, 3.05) is 18.5 Å². The Morgan fingerprint density at radius 1 is 1.53 bits per heavy atom. The zero-order chi connectivity index (χ0) is 12.1. The number of epoxide rings is 1. The number of halogens is 1.